The van der Waals surface area contributed by atoms with Gasteiger partial charge in [0.1, 0.15) is 0 Å². The molecule has 0 heterocycles. The van der Waals surface area contributed by atoms with Crippen molar-refractivity contribution < 1.29 is 13.2 Å². The van der Waals surface area contributed by atoms with Crippen molar-refractivity contribution in [3.8, 4) is 0 Å². The monoisotopic (exact) mass is 268 g/mol. The van der Waals surface area contributed by atoms with Gasteiger partial charge in [-0.05, 0) is 12.8 Å². The Hall–Kier alpha value is -0.240. The van der Waals surface area contributed by atoms with Crippen LogP contribution in [0.3, 0.4) is 0 Å². The van der Waals surface area contributed by atoms with E-state index in [1.54, 1.807) is 0 Å². The molecule has 0 amide bonds. The number of rotatable bonds is 8. The van der Waals surface area contributed by atoms with E-state index >= 15 is 0 Å². The summed E-state index contributed by atoms with van der Waals surface area (Å²) in [6.45, 7) is 3.85. The molecule has 96 valence electrons. The minimum Gasteiger partial charge on any atom is -0.392 e. The van der Waals surface area contributed by atoms with Gasteiger partial charge in [0.2, 0.25) is 10.0 Å². The molecule has 0 rings (SSSR count). The van der Waals surface area contributed by atoms with Gasteiger partial charge in [-0.3, -0.25) is 0 Å². The quantitative estimate of drug-likeness (QED) is 0.623. The largest absolute Gasteiger partial charge is 0.392 e. The van der Waals surface area contributed by atoms with E-state index in [2.05, 4.69) is 4.72 Å². The predicted octanol–water partition coefficient (Wildman–Crippen LogP) is 0.397. The van der Waals surface area contributed by atoms with Gasteiger partial charge in [0.15, 0.2) is 0 Å². The summed E-state index contributed by atoms with van der Waals surface area (Å²) in [7, 11) is -1.96. The van der Waals surface area contributed by atoms with E-state index < -0.39 is 15.6 Å². The van der Waals surface area contributed by atoms with Crippen molar-refractivity contribution in [3.63, 3.8) is 0 Å². The lowest BCUT2D eigenvalue weighted by Crippen LogP contribution is -2.56. The van der Waals surface area contributed by atoms with Crippen molar-refractivity contribution in [2.45, 2.75) is 32.2 Å². The Labute approximate surface area is 103 Å². The third kappa shape index (κ3) is 4.32. The average Bonchev–Trinajstić information content (AvgIpc) is 2.23. The standard InChI is InChI=1S/C9H20N2O3S2/c1-4-9(5-2,8(10)15)11-16(12,13)7-6-14-3/h11H,4-7H2,1-3H3,(H2,10,15). The first kappa shape index (κ1) is 15.8. The van der Waals surface area contributed by atoms with Gasteiger partial charge in [0.05, 0.1) is 22.9 Å². The summed E-state index contributed by atoms with van der Waals surface area (Å²) in [6.07, 6.45) is 1.07. The molecule has 0 aromatic carbocycles. The van der Waals surface area contributed by atoms with Gasteiger partial charge in [0.25, 0.3) is 0 Å². The summed E-state index contributed by atoms with van der Waals surface area (Å²) < 4.78 is 30.7. The molecule has 7 heteroatoms. The fourth-order valence-electron chi connectivity index (χ4n) is 1.33. The minimum absolute atomic E-state index is 0.0894. The van der Waals surface area contributed by atoms with Crippen molar-refractivity contribution in [2.75, 3.05) is 19.5 Å². The highest BCUT2D eigenvalue weighted by Crippen LogP contribution is 2.17. The predicted molar refractivity (Wildman–Crippen MR) is 68.9 cm³/mol. The molecule has 16 heavy (non-hydrogen) atoms. The zero-order chi connectivity index (χ0) is 12.8. The highest BCUT2D eigenvalue weighted by molar-refractivity contribution is 7.89. The lowest BCUT2D eigenvalue weighted by atomic mass is 9.94. The lowest BCUT2D eigenvalue weighted by molar-refractivity contribution is 0.216. The highest BCUT2D eigenvalue weighted by atomic mass is 32.2. The van der Waals surface area contributed by atoms with Crippen molar-refractivity contribution in [3.05, 3.63) is 0 Å². The second-order valence-corrected chi connectivity index (χ2v) is 5.85. The Balaban J connectivity index is 4.82. The van der Waals surface area contributed by atoms with Gasteiger partial charge in [-0.1, -0.05) is 26.1 Å². The van der Waals surface area contributed by atoms with Crippen molar-refractivity contribution >= 4 is 27.2 Å². The summed E-state index contributed by atoms with van der Waals surface area (Å²) >= 11 is 4.93. The van der Waals surface area contributed by atoms with Crippen LogP contribution in [-0.2, 0) is 14.8 Å². The summed E-state index contributed by atoms with van der Waals surface area (Å²) in [6, 6.07) is 0. The number of sulfonamides is 1. The number of hydrogen-bond acceptors (Lipinski definition) is 4. The van der Waals surface area contributed by atoms with Crippen LogP contribution in [0.1, 0.15) is 26.7 Å². The van der Waals surface area contributed by atoms with E-state index in [0.717, 1.165) is 0 Å². The van der Waals surface area contributed by atoms with Crippen molar-refractivity contribution in [1.82, 2.24) is 4.72 Å². The van der Waals surface area contributed by atoms with Crippen LogP contribution in [-0.4, -0.2) is 38.4 Å². The molecule has 0 spiro atoms. The average molecular weight is 268 g/mol. The van der Waals surface area contributed by atoms with Crippen molar-refractivity contribution in [1.29, 1.82) is 0 Å². The molecule has 0 aromatic rings. The molecular formula is C9H20N2O3S2. The van der Waals surface area contributed by atoms with Crippen LogP contribution < -0.4 is 10.5 Å². The Morgan fingerprint density at radius 1 is 1.44 bits per heavy atom. The van der Waals surface area contributed by atoms with E-state index in [-0.39, 0.29) is 17.3 Å². The molecule has 0 aliphatic carbocycles. The molecule has 3 N–H and O–H groups in total. The molecular weight excluding hydrogens is 248 g/mol. The molecule has 0 atom stereocenters. The highest BCUT2D eigenvalue weighted by Gasteiger charge is 2.33. The smallest absolute Gasteiger partial charge is 0.214 e. The zero-order valence-corrected chi connectivity index (χ0v) is 11.6. The number of hydrogen-bond donors (Lipinski definition) is 2. The molecule has 0 bridgehead atoms. The van der Waals surface area contributed by atoms with Gasteiger partial charge >= 0.3 is 0 Å². The van der Waals surface area contributed by atoms with Gasteiger partial charge < -0.3 is 10.5 Å². The first-order chi connectivity index (χ1) is 7.33. The zero-order valence-electron chi connectivity index (χ0n) is 9.95. The van der Waals surface area contributed by atoms with Gasteiger partial charge in [-0.2, -0.15) is 0 Å². The molecule has 0 aromatic heterocycles. The maximum Gasteiger partial charge on any atom is 0.214 e. The normalized spacial score (nSPS) is 12.7. The third-order valence-corrected chi connectivity index (χ3v) is 4.38. The van der Waals surface area contributed by atoms with Crippen LogP contribution in [0.2, 0.25) is 0 Å². The van der Waals surface area contributed by atoms with Crippen LogP contribution in [0.4, 0.5) is 0 Å². The minimum atomic E-state index is -3.41. The van der Waals surface area contributed by atoms with Gasteiger partial charge in [-0.25, -0.2) is 13.1 Å². The number of nitrogens with two attached hydrogens (primary N) is 1. The Bertz CT molecular complexity index is 324. The fourth-order valence-corrected chi connectivity index (χ4v) is 3.22. The molecule has 0 aliphatic rings. The van der Waals surface area contributed by atoms with E-state index in [1.807, 2.05) is 13.8 Å². The SMILES string of the molecule is CCC(CC)(NS(=O)(=O)CCOC)C(N)=S. The number of thiocarbonyl (C=S) groups is 1. The number of methoxy groups -OCH3 is 1. The van der Waals surface area contributed by atoms with Crippen LogP contribution in [0, 0.1) is 0 Å². The first-order valence-corrected chi connectivity index (χ1v) is 7.20. The summed E-state index contributed by atoms with van der Waals surface area (Å²) in [4.78, 5) is 0.179. The molecule has 0 fully saturated rings. The summed E-state index contributed by atoms with van der Waals surface area (Å²) in [5.74, 6) is -0.0894. The third-order valence-electron chi connectivity index (χ3n) is 2.59. The second-order valence-electron chi connectivity index (χ2n) is 3.57. The van der Waals surface area contributed by atoms with E-state index in [1.165, 1.54) is 7.11 Å². The molecule has 0 radical (unpaired) electrons. The van der Waals surface area contributed by atoms with E-state index in [0.29, 0.717) is 12.8 Å². The van der Waals surface area contributed by atoms with Gasteiger partial charge in [0, 0.05) is 7.11 Å². The molecule has 0 unspecified atom stereocenters. The van der Waals surface area contributed by atoms with Crippen LogP contribution in [0.15, 0.2) is 0 Å². The lowest BCUT2D eigenvalue weighted by Gasteiger charge is -2.31. The van der Waals surface area contributed by atoms with Crippen LogP contribution in [0.5, 0.6) is 0 Å². The van der Waals surface area contributed by atoms with Gasteiger partial charge in [-0.15, -0.1) is 0 Å². The number of nitrogens with one attached hydrogen (secondary N) is 1. The Morgan fingerprint density at radius 3 is 2.25 bits per heavy atom. The molecule has 0 saturated carbocycles. The summed E-state index contributed by atoms with van der Waals surface area (Å²) in [5.41, 5.74) is 4.78. The maximum absolute atomic E-state index is 11.7. The summed E-state index contributed by atoms with van der Waals surface area (Å²) in [5, 5.41) is 0. The molecule has 0 saturated heterocycles. The Kier molecular flexibility index (Phi) is 6.39. The van der Waals surface area contributed by atoms with Crippen LogP contribution >= 0.6 is 12.2 Å². The second kappa shape index (κ2) is 6.48. The molecule has 5 nitrogen and oxygen atoms in total. The maximum atomic E-state index is 11.7. The fraction of sp³-hybridized carbons (Fsp3) is 0.889. The van der Waals surface area contributed by atoms with Crippen LogP contribution in [0.25, 0.3) is 0 Å². The number of ether oxygens (including phenoxy) is 1. The molecule has 0 aliphatic heterocycles. The van der Waals surface area contributed by atoms with E-state index in [4.69, 9.17) is 22.7 Å². The first-order valence-electron chi connectivity index (χ1n) is 5.14. The van der Waals surface area contributed by atoms with Crippen molar-refractivity contribution in [2.24, 2.45) is 5.73 Å². The van der Waals surface area contributed by atoms with E-state index in [9.17, 15) is 8.42 Å². The topological polar surface area (TPSA) is 81.4 Å². The Morgan fingerprint density at radius 2 is 1.94 bits per heavy atom.